The summed E-state index contributed by atoms with van der Waals surface area (Å²) in [6.45, 7) is 5.91. The van der Waals surface area contributed by atoms with Crippen molar-refractivity contribution in [1.82, 2.24) is 0 Å². The minimum Gasteiger partial charge on any atom is -0.491 e. The van der Waals surface area contributed by atoms with Crippen LogP contribution in [-0.2, 0) is 0 Å². The van der Waals surface area contributed by atoms with E-state index in [9.17, 15) is 4.79 Å². The van der Waals surface area contributed by atoms with Gasteiger partial charge in [-0.3, -0.25) is 4.79 Å². The Labute approximate surface area is 145 Å². The van der Waals surface area contributed by atoms with Crippen LogP contribution >= 0.6 is 43.2 Å². The average Bonchev–Trinajstić information content (AvgIpc) is 2.72. The number of aryl methyl sites for hydroxylation is 1. The number of amides is 1. The van der Waals surface area contributed by atoms with E-state index in [0.717, 1.165) is 25.3 Å². The second-order valence-corrected chi connectivity index (χ2v) is 8.05. The first-order chi connectivity index (χ1) is 9.86. The van der Waals surface area contributed by atoms with Gasteiger partial charge in [-0.05, 0) is 82.5 Å². The number of rotatable bonds is 4. The molecule has 1 aromatic heterocycles. The molecule has 2 aromatic rings. The van der Waals surface area contributed by atoms with Gasteiger partial charge >= 0.3 is 0 Å². The minimum absolute atomic E-state index is 0.118. The third kappa shape index (κ3) is 4.31. The van der Waals surface area contributed by atoms with Gasteiger partial charge in [0.2, 0.25) is 0 Å². The van der Waals surface area contributed by atoms with E-state index >= 15 is 0 Å². The van der Waals surface area contributed by atoms with E-state index in [1.165, 1.54) is 11.3 Å². The molecule has 6 heteroatoms. The predicted molar refractivity (Wildman–Crippen MR) is 94.6 cm³/mol. The van der Waals surface area contributed by atoms with Gasteiger partial charge < -0.3 is 10.1 Å². The highest BCUT2D eigenvalue weighted by Gasteiger charge is 2.13. The molecule has 0 saturated carbocycles. The zero-order valence-corrected chi connectivity index (χ0v) is 15.9. The van der Waals surface area contributed by atoms with Crippen LogP contribution < -0.4 is 10.1 Å². The first-order valence-electron chi connectivity index (χ1n) is 6.40. The van der Waals surface area contributed by atoms with Crippen LogP contribution in [0.3, 0.4) is 0 Å². The fourth-order valence-corrected chi connectivity index (χ4v) is 3.70. The molecule has 0 unspecified atom stereocenters. The van der Waals surface area contributed by atoms with Crippen LogP contribution in [0, 0.1) is 6.92 Å². The maximum atomic E-state index is 12.2. The molecule has 3 nitrogen and oxygen atoms in total. The van der Waals surface area contributed by atoms with Crippen molar-refractivity contribution in [2.45, 2.75) is 26.9 Å². The summed E-state index contributed by atoms with van der Waals surface area (Å²) in [7, 11) is 0. The van der Waals surface area contributed by atoms with E-state index < -0.39 is 0 Å². The second kappa shape index (κ2) is 6.94. The second-order valence-electron chi connectivity index (χ2n) is 4.83. The van der Waals surface area contributed by atoms with Gasteiger partial charge in [0.1, 0.15) is 5.75 Å². The van der Waals surface area contributed by atoms with E-state index in [1.807, 2.05) is 39.0 Å². The Kier molecular flexibility index (Phi) is 5.46. The number of hydrogen-bond acceptors (Lipinski definition) is 3. The van der Waals surface area contributed by atoms with Crippen LogP contribution in [0.2, 0.25) is 0 Å². The number of nitrogens with one attached hydrogen (secondary N) is 1. The molecule has 0 aliphatic carbocycles. The van der Waals surface area contributed by atoms with E-state index in [-0.39, 0.29) is 12.0 Å². The van der Waals surface area contributed by atoms with Crippen LogP contribution in [0.25, 0.3) is 0 Å². The number of benzene rings is 1. The quantitative estimate of drug-likeness (QED) is 0.680. The number of hydrogen-bond donors (Lipinski definition) is 1. The third-order valence-corrected chi connectivity index (χ3v) is 5.94. The van der Waals surface area contributed by atoms with Crippen LogP contribution in [-0.4, -0.2) is 12.0 Å². The Balaban J connectivity index is 2.14. The molecule has 0 fully saturated rings. The molecule has 0 aliphatic heterocycles. The van der Waals surface area contributed by atoms with Gasteiger partial charge in [0, 0.05) is 10.2 Å². The fraction of sp³-hybridized carbons (Fsp3) is 0.267. The molecule has 2 rings (SSSR count). The summed E-state index contributed by atoms with van der Waals surface area (Å²) in [4.78, 5) is 12.9. The zero-order chi connectivity index (χ0) is 15.6. The van der Waals surface area contributed by atoms with Gasteiger partial charge in [-0.1, -0.05) is 0 Å². The molecule has 0 atom stereocenters. The van der Waals surface area contributed by atoms with E-state index in [2.05, 4.69) is 37.2 Å². The van der Waals surface area contributed by atoms with Gasteiger partial charge in [-0.15, -0.1) is 11.3 Å². The molecule has 1 amide bonds. The maximum absolute atomic E-state index is 12.2. The Morgan fingerprint density at radius 3 is 2.52 bits per heavy atom. The lowest BCUT2D eigenvalue weighted by Gasteiger charge is -2.13. The molecule has 0 bridgehead atoms. The van der Waals surface area contributed by atoms with Crippen molar-refractivity contribution in [2.75, 3.05) is 5.32 Å². The van der Waals surface area contributed by atoms with Crippen molar-refractivity contribution in [3.63, 3.8) is 0 Å². The van der Waals surface area contributed by atoms with Crippen LogP contribution in [0.4, 0.5) is 5.69 Å². The van der Waals surface area contributed by atoms with Crippen LogP contribution in [0.15, 0.2) is 32.5 Å². The lowest BCUT2D eigenvalue weighted by Crippen LogP contribution is -2.11. The molecule has 0 aliphatic rings. The van der Waals surface area contributed by atoms with Gasteiger partial charge in [-0.2, -0.15) is 0 Å². The first kappa shape index (κ1) is 16.5. The number of halogens is 2. The highest BCUT2D eigenvalue weighted by molar-refractivity contribution is 9.13. The molecule has 0 saturated heterocycles. The first-order valence-corrected chi connectivity index (χ1v) is 8.80. The molecular weight excluding hydrogens is 418 g/mol. The predicted octanol–water partition coefficient (Wildman–Crippen LogP) is 5.62. The largest absolute Gasteiger partial charge is 0.491 e. The lowest BCUT2D eigenvalue weighted by atomic mass is 10.2. The number of carbonyl (C=O) groups is 1. The zero-order valence-electron chi connectivity index (χ0n) is 11.9. The molecule has 0 spiro atoms. The smallest absolute Gasteiger partial charge is 0.265 e. The van der Waals surface area contributed by atoms with Crippen molar-refractivity contribution in [2.24, 2.45) is 0 Å². The standard InChI is InChI=1S/C15H15Br2NO2S/c1-8(2)20-10-4-5-12(9(3)6-10)18-15(19)13-7-11(16)14(17)21-13/h4-8H,1-3H3,(H,18,19). The Hall–Kier alpha value is -0.850. The van der Waals surface area contributed by atoms with Crippen LogP contribution in [0.5, 0.6) is 5.75 Å². The topological polar surface area (TPSA) is 38.3 Å². The molecule has 112 valence electrons. The SMILES string of the molecule is Cc1cc(OC(C)C)ccc1NC(=O)c1cc(Br)c(Br)s1. The summed E-state index contributed by atoms with van der Waals surface area (Å²) < 4.78 is 7.43. The summed E-state index contributed by atoms with van der Waals surface area (Å²) in [6, 6.07) is 7.46. The third-order valence-electron chi connectivity index (χ3n) is 2.69. The summed E-state index contributed by atoms with van der Waals surface area (Å²) in [6.07, 6.45) is 0.130. The van der Waals surface area contributed by atoms with Gasteiger partial charge in [0.15, 0.2) is 0 Å². The lowest BCUT2D eigenvalue weighted by molar-refractivity contribution is 0.103. The van der Waals surface area contributed by atoms with Crippen molar-refractivity contribution < 1.29 is 9.53 Å². The summed E-state index contributed by atoms with van der Waals surface area (Å²) in [5.41, 5.74) is 1.76. The highest BCUT2D eigenvalue weighted by Crippen LogP contribution is 2.33. The summed E-state index contributed by atoms with van der Waals surface area (Å²) in [5.74, 6) is 0.689. The van der Waals surface area contributed by atoms with Crippen molar-refractivity contribution >= 4 is 54.8 Å². The average molecular weight is 433 g/mol. The number of carbonyl (C=O) groups excluding carboxylic acids is 1. The Bertz CT molecular complexity index is 648. The minimum atomic E-state index is -0.118. The normalized spacial score (nSPS) is 10.8. The van der Waals surface area contributed by atoms with Gasteiger partial charge in [0.05, 0.1) is 14.8 Å². The monoisotopic (exact) mass is 431 g/mol. The van der Waals surface area contributed by atoms with Crippen molar-refractivity contribution in [3.8, 4) is 5.75 Å². The van der Waals surface area contributed by atoms with Crippen molar-refractivity contribution in [1.29, 1.82) is 0 Å². The fourth-order valence-electron chi connectivity index (χ4n) is 1.76. The van der Waals surface area contributed by atoms with Gasteiger partial charge in [0.25, 0.3) is 5.91 Å². The Morgan fingerprint density at radius 2 is 2.00 bits per heavy atom. The highest BCUT2D eigenvalue weighted by atomic mass is 79.9. The molecule has 1 heterocycles. The molecule has 1 aromatic carbocycles. The summed E-state index contributed by atoms with van der Waals surface area (Å²) >= 11 is 8.17. The Morgan fingerprint density at radius 1 is 1.29 bits per heavy atom. The van der Waals surface area contributed by atoms with E-state index in [0.29, 0.717) is 4.88 Å². The molecule has 1 N–H and O–H groups in total. The van der Waals surface area contributed by atoms with Gasteiger partial charge in [-0.25, -0.2) is 0 Å². The molecular formula is C15H15Br2NO2S. The maximum Gasteiger partial charge on any atom is 0.265 e. The molecule has 0 radical (unpaired) electrons. The van der Waals surface area contributed by atoms with E-state index in [4.69, 9.17) is 4.74 Å². The number of anilines is 1. The number of thiophene rings is 1. The van der Waals surface area contributed by atoms with E-state index in [1.54, 1.807) is 6.07 Å². The molecule has 21 heavy (non-hydrogen) atoms. The summed E-state index contributed by atoms with van der Waals surface area (Å²) in [5, 5.41) is 2.92. The van der Waals surface area contributed by atoms with Crippen LogP contribution in [0.1, 0.15) is 29.1 Å². The number of ether oxygens (including phenoxy) is 1. The van der Waals surface area contributed by atoms with Crippen molar-refractivity contribution in [3.05, 3.63) is 43.0 Å².